The van der Waals surface area contributed by atoms with Crippen molar-refractivity contribution in [3.8, 4) is 11.5 Å². The number of benzene rings is 1. The molecule has 2 aromatic heterocycles. The van der Waals surface area contributed by atoms with Crippen molar-refractivity contribution in [3.05, 3.63) is 52.0 Å². The third-order valence-electron chi connectivity index (χ3n) is 3.64. The van der Waals surface area contributed by atoms with E-state index in [2.05, 4.69) is 30.8 Å². The molecule has 0 saturated carbocycles. The van der Waals surface area contributed by atoms with Crippen LogP contribution in [0.3, 0.4) is 0 Å². The molecule has 2 N–H and O–H groups in total. The highest BCUT2D eigenvalue weighted by Gasteiger charge is 2.14. The Morgan fingerprint density at radius 3 is 2.72 bits per heavy atom. The molecular weight excluding hydrogens is 398 g/mol. The highest BCUT2D eigenvalue weighted by molar-refractivity contribution is 7.98. The standard InChI is InChI=1S/C17H17N7O4S/c1-3-18-16(25)21-14-12(8-19-10(2)20-14)9-29-17-23-22-15(28-17)11-4-6-13(7-5-11)24(26)27/h4-8H,3,9H2,1-2H3,(H2,18,19,20,21,25). The van der Waals surface area contributed by atoms with E-state index in [0.717, 1.165) is 0 Å². The summed E-state index contributed by atoms with van der Waals surface area (Å²) in [7, 11) is 0. The molecular formula is C17H17N7O4S. The van der Waals surface area contributed by atoms with Crippen LogP contribution in [0.1, 0.15) is 18.3 Å². The minimum Gasteiger partial charge on any atom is -0.411 e. The molecule has 0 bridgehead atoms. The van der Waals surface area contributed by atoms with Crippen LogP contribution in [0.15, 0.2) is 40.1 Å². The average molecular weight is 415 g/mol. The lowest BCUT2D eigenvalue weighted by atomic mass is 10.2. The van der Waals surface area contributed by atoms with E-state index < -0.39 is 4.92 Å². The summed E-state index contributed by atoms with van der Waals surface area (Å²) in [5, 5.41) is 24.3. The fraction of sp³-hybridized carbons (Fsp3) is 0.235. The van der Waals surface area contributed by atoms with Crippen molar-refractivity contribution in [1.29, 1.82) is 0 Å². The van der Waals surface area contributed by atoms with Crippen LogP contribution in [0.4, 0.5) is 16.3 Å². The number of amides is 2. The van der Waals surface area contributed by atoms with Gasteiger partial charge in [0.15, 0.2) is 0 Å². The predicted molar refractivity (Wildman–Crippen MR) is 105 cm³/mol. The molecule has 0 fully saturated rings. The van der Waals surface area contributed by atoms with Crippen LogP contribution < -0.4 is 10.6 Å². The number of thioether (sulfide) groups is 1. The van der Waals surface area contributed by atoms with Gasteiger partial charge in [0.05, 0.1) is 4.92 Å². The highest BCUT2D eigenvalue weighted by atomic mass is 32.2. The normalized spacial score (nSPS) is 10.6. The number of carbonyl (C=O) groups is 1. The lowest BCUT2D eigenvalue weighted by Gasteiger charge is -2.09. The summed E-state index contributed by atoms with van der Waals surface area (Å²) in [6.07, 6.45) is 1.63. The second-order valence-electron chi connectivity index (χ2n) is 5.74. The van der Waals surface area contributed by atoms with Crippen molar-refractivity contribution < 1.29 is 14.1 Å². The Hall–Kier alpha value is -3.54. The van der Waals surface area contributed by atoms with E-state index in [1.165, 1.54) is 23.9 Å². The number of aryl methyl sites for hydroxylation is 1. The molecule has 150 valence electrons. The van der Waals surface area contributed by atoms with Crippen LogP contribution in [0.2, 0.25) is 0 Å². The number of aromatic nitrogens is 4. The van der Waals surface area contributed by atoms with E-state index in [9.17, 15) is 14.9 Å². The number of nitrogens with zero attached hydrogens (tertiary/aromatic N) is 5. The Kier molecular flexibility index (Phi) is 6.34. The van der Waals surface area contributed by atoms with Gasteiger partial charge in [-0.25, -0.2) is 14.8 Å². The summed E-state index contributed by atoms with van der Waals surface area (Å²) in [4.78, 5) is 30.5. The van der Waals surface area contributed by atoms with Gasteiger partial charge < -0.3 is 9.73 Å². The topological polar surface area (TPSA) is 149 Å². The first-order valence-corrected chi connectivity index (χ1v) is 9.53. The summed E-state index contributed by atoms with van der Waals surface area (Å²) in [5.41, 5.74) is 1.25. The molecule has 0 atom stereocenters. The lowest BCUT2D eigenvalue weighted by Crippen LogP contribution is -2.29. The first-order valence-electron chi connectivity index (χ1n) is 8.54. The maximum absolute atomic E-state index is 11.8. The van der Waals surface area contributed by atoms with Crippen molar-refractivity contribution in [2.75, 3.05) is 11.9 Å². The van der Waals surface area contributed by atoms with E-state index in [-0.39, 0.29) is 17.6 Å². The van der Waals surface area contributed by atoms with Crippen molar-refractivity contribution >= 4 is 29.3 Å². The number of anilines is 1. The number of nitro benzene ring substituents is 1. The maximum atomic E-state index is 11.8. The van der Waals surface area contributed by atoms with Crippen LogP contribution in [0.25, 0.3) is 11.5 Å². The van der Waals surface area contributed by atoms with E-state index >= 15 is 0 Å². The monoisotopic (exact) mass is 415 g/mol. The van der Waals surface area contributed by atoms with Crippen LogP contribution >= 0.6 is 11.8 Å². The zero-order chi connectivity index (χ0) is 20.8. The summed E-state index contributed by atoms with van der Waals surface area (Å²) >= 11 is 1.26. The Morgan fingerprint density at radius 2 is 2.03 bits per heavy atom. The number of non-ortho nitro benzene ring substituents is 1. The first-order chi connectivity index (χ1) is 14.0. The molecule has 0 saturated heterocycles. The molecule has 0 unspecified atom stereocenters. The van der Waals surface area contributed by atoms with Crippen molar-refractivity contribution in [2.45, 2.75) is 24.8 Å². The van der Waals surface area contributed by atoms with E-state index in [4.69, 9.17) is 4.42 Å². The summed E-state index contributed by atoms with van der Waals surface area (Å²) in [5.74, 6) is 1.59. The Labute approximate surface area is 169 Å². The summed E-state index contributed by atoms with van der Waals surface area (Å²) < 4.78 is 5.61. The molecule has 29 heavy (non-hydrogen) atoms. The third-order valence-corrected chi connectivity index (χ3v) is 4.50. The Morgan fingerprint density at radius 1 is 1.28 bits per heavy atom. The number of hydrogen-bond acceptors (Lipinski definition) is 9. The second-order valence-corrected chi connectivity index (χ2v) is 6.67. The van der Waals surface area contributed by atoms with Gasteiger partial charge in [0.2, 0.25) is 5.89 Å². The van der Waals surface area contributed by atoms with Gasteiger partial charge in [0.1, 0.15) is 11.6 Å². The van der Waals surface area contributed by atoms with Gasteiger partial charge in [-0.1, -0.05) is 11.8 Å². The SMILES string of the molecule is CCNC(=O)Nc1nc(C)ncc1CSc1nnc(-c2ccc([N+](=O)[O-])cc2)o1. The smallest absolute Gasteiger partial charge is 0.320 e. The van der Waals surface area contributed by atoms with E-state index in [0.29, 0.717) is 40.3 Å². The molecule has 2 heterocycles. The van der Waals surface area contributed by atoms with Gasteiger partial charge >= 0.3 is 6.03 Å². The molecule has 2 amide bonds. The Balaban J connectivity index is 1.69. The van der Waals surface area contributed by atoms with Crippen LogP contribution in [-0.4, -0.2) is 37.7 Å². The number of rotatable bonds is 7. The fourth-order valence-electron chi connectivity index (χ4n) is 2.27. The van der Waals surface area contributed by atoms with Crippen molar-refractivity contribution in [1.82, 2.24) is 25.5 Å². The van der Waals surface area contributed by atoms with Crippen molar-refractivity contribution in [3.63, 3.8) is 0 Å². The van der Waals surface area contributed by atoms with Gasteiger partial charge in [0, 0.05) is 41.8 Å². The number of urea groups is 1. The minimum atomic E-state index is -0.477. The number of nitro groups is 1. The molecule has 0 radical (unpaired) electrons. The van der Waals surface area contributed by atoms with Gasteiger partial charge in [0.25, 0.3) is 10.9 Å². The molecule has 0 spiro atoms. The number of nitrogens with one attached hydrogen (secondary N) is 2. The maximum Gasteiger partial charge on any atom is 0.320 e. The summed E-state index contributed by atoms with van der Waals surface area (Å²) in [6, 6.07) is 5.48. The molecule has 3 aromatic rings. The lowest BCUT2D eigenvalue weighted by molar-refractivity contribution is -0.384. The minimum absolute atomic E-state index is 0.0191. The quantitative estimate of drug-likeness (QED) is 0.337. The molecule has 12 heteroatoms. The molecule has 3 rings (SSSR count). The average Bonchev–Trinajstić information content (AvgIpc) is 3.16. The van der Waals surface area contributed by atoms with E-state index in [1.54, 1.807) is 25.3 Å². The fourth-order valence-corrected chi connectivity index (χ4v) is 3.00. The molecule has 0 aliphatic carbocycles. The largest absolute Gasteiger partial charge is 0.411 e. The Bertz CT molecular complexity index is 1020. The number of carbonyl (C=O) groups excluding carboxylic acids is 1. The first kappa shape index (κ1) is 20.2. The van der Waals surface area contributed by atoms with Gasteiger partial charge in [-0.15, -0.1) is 10.2 Å². The zero-order valence-corrected chi connectivity index (χ0v) is 16.4. The third kappa shape index (κ3) is 5.25. The van der Waals surface area contributed by atoms with Gasteiger partial charge in [-0.05, 0) is 26.0 Å². The van der Waals surface area contributed by atoms with Gasteiger partial charge in [-0.3, -0.25) is 15.4 Å². The van der Waals surface area contributed by atoms with Crippen LogP contribution in [0, 0.1) is 17.0 Å². The molecule has 0 aliphatic rings. The van der Waals surface area contributed by atoms with Crippen LogP contribution in [-0.2, 0) is 5.75 Å². The van der Waals surface area contributed by atoms with Crippen molar-refractivity contribution in [2.24, 2.45) is 0 Å². The van der Waals surface area contributed by atoms with Gasteiger partial charge in [-0.2, -0.15) is 0 Å². The second kappa shape index (κ2) is 9.10. The van der Waals surface area contributed by atoms with E-state index in [1.807, 2.05) is 6.92 Å². The molecule has 11 nitrogen and oxygen atoms in total. The predicted octanol–water partition coefficient (Wildman–Crippen LogP) is 3.18. The molecule has 0 aliphatic heterocycles. The number of hydrogen-bond donors (Lipinski definition) is 2. The summed E-state index contributed by atoms with van der Waals surface area (Å²) in [6.45, 7) is 4.04. The highest BCUT2D eigenvalue weighted by Crippen LogP contribution is 2.28. The molecule has 1 aromatic carbocycles. The zero-order valence-electron chi connectivity index (χ0n) is 15.6. The van der Waals surface area contributed by atoms with Crippen LogP contribution in [0.5, 0.6) is 0 Å².